The van der Waals surface area contributed by atoms with E-state index in [2.05, 4.69) is 6.92 Å². The molecular formula is C19H36O2. The predicted octanol–water partition coefficient (Wildman–Crippen LogP) is 5.68. The summed E-state index contributed by atoms with van der Waals surface area (Å²) in [5.74, 6) is 1.28. The van der Waals surface area contributed by atoms with Crippen LogP contribution in [0.5, 0.6) is 0 Å². The molecule has 2 nitrogen and oxygen atoms in total. The molecule has 0 atom stereocenters. The normalized spacial score (nSPS) is 15.1. The third-order valence-corrected chi connectivity index (χ3v) is 4.58. The largest absolute Gasteiger partial charge is 0.381 e. The van der Waals surface area contributed by atoms with Crippen LogP contribution in [-0.2, 0) is 9.53 Å². The second-order valence-corrected chi connectivity index (χ2v) is 6.77. The number of carbonyl (C=O) groups is 1. The van der Waals surface area contributed by atoms with E-state index in [9.17, 15) is 4.79 Å². The van der Waals surface area contributed by atoms with Crippen molar-refractivity contribution in [3.63, 3.8) is 0 Å². The van der Waals surface area contributed by atoms with Gasteiger partial charge in [-0.2, -0.15) is 0 Å². The van der Waals surface area contributed by atoms with Crippen LogP contribution in [0.4, 0.5) is 0 Å². The summed E-state index contributed by atoms with van der Waals surface area (Å²) < 4.78 is 5.16. The Morgan fingerprint density at radius 1 is 0.810 bits per heavy atom. The van der Waals surface area contributed by atoms with Crippen molar-refractivity contribution in [2.75, 3.05) is 13.2 Å². The van der Waals surface area contributed by atoms with Gasteiger partial charge in [0.1, 0.15) is 5.78 Å². The van der Waals surface area contributed by atoms with Crippen molar-refractivity contribution in [2.45, 2.75) is 96.8 Å². The van der Waals surface area contributed by atoms with E-state index < -0.39 is 0 Å². The van der Waals surface area contributed by atoms with E-state index in [1.54, 1.807) is 0 Å². The fraction of sp³-hybridized carbons (Fsp3) is 0.947. The van der Waals surface area contributed by atoms with E-state index in [4.69, 9.17) is 4.74 Å². The van der Waals surface area contributed by atoms with E-state index >= 15 is 0 Å². The molecule has 0 bridgehead atoms. The summed E-state index contributed by atoms with van der Waals surface area (Å²) in [5, 5.41) is 0. The highest BCUT2D eigenvalue weighted by Crippen LogP contribution is 2.18. The molecule has 0 unspecified atom stereocenters. The van der Waals surface area contributed by atoms with Crippen molar-refractivity contribution in [3.8, 4) is 0 Å². The highest BCUT2D eigenvalue weighted by Gasteiger charge is 2.17. The average molecular weight is 296 g/mol. The third-order valence-electron chi connectivity index (χ3n) is 4.58. The van der Waals surface area contributed by atoms with E-state index in [0.29, 0.717) is 5.78 Å². The molecular weight excluding hydrogens is 260 g/mol. The fourth-order valence-electron chi connectivity index (χ4n) is 2.96. The first-order valence-corrected chi connectivity index (χ1v) is 9.42. The summed E-state index contributed by atoms with van der Waals surface area (Å²) >= 11 is 0. The molecule has 0 aromatic carbocycles. The molecule has 0 saturated carbocycles. The monoisotopic (exact) mass is 296 g/mol. The Kier molecular flexibility index (Phi) is 11.8. The summed E-state index contributed by atoms with van der Waals surface area (Å²) in [6.07, 6.45) is 17.1. The molecule has 0 radical (unpaired) electrons. The number of unbranched alkanes of at least 4 members (excludes halogenated alkanes) is 9. The van der Waals surface area contributed by atoms with Crippen molar-refractivity contribution in [3.05, 3.63) is 0 Å². The number of Topliss-reactive ketones (excluding diaryl/α,β-unsaturated/α-hetero) is 1. The van der Waals surface area contributed by atoms with Gasteiger partial charge in [0.25, 0.3) is 0 Å². The Bertz CT molecular complexity index is 246. The van der Waals surface area contributed by atoms with Crippen LogP contribution in [0, 0.1) is 5.92 Å². The van der Waals surface area contributed by atoms with E-state index in [0.717, 1.165) is 44.8 Å². The van der Waals surface area contributed by atoms with Gasteiger partial charge in [-0.3, -0.25) is 4.79 Å². The van der Waals surface area contributed by atoms with Gasteiger partial charge in [0.15, 0.2) is 0 Å². The van der Waals surface area contributed by atoms with Crippen LogP contribution in [0.1, 0.15) is 96.8 Å². The SMILES string of the molecule is CCCCCCCCCCCC(=O)CCCCC1COC1. The summed E-state index contributed by atoms with van der Waals surface area (Å²) in [7, 11) is 0. The highest BCUT2D eigenvalue weighted by atomic mass is 16.5. The van der Waals surface area contributed by atoms with Crippen LogP contribution in [0.15, 0.2) is 0 Å². The van der Waals surface area contributed by atoms with E-state index in [1.165, 1.54) is 64.2 Å². The lowest BCUT2D eigenvalue weighted by Gasteiger charge is -2.25. The van der Waals surface area contributed by atoms with Crippen LogP contribution >= 0.6 is 0 Å². The van der Waals surface area contributed by atoms with Crippen molar-refractivity contribution >= 4 is 5.78 Å². The Labute approximate surface area is 132 Å². The van der Waals surface area contributed by atoms with Crippen molar-refractivity contribution < 1.29 is 9.53 Å². The minimum Gasteiger partial charge on any atom is -0.381 e. The lowest BCUT2D eigenvalue weighted by Crippen LogP contribution is -2.27. The molecule has 0 aliphatic carbocycles. The van der Waals surface area contributed by atoms with Gasteiger partial charge in [0.2, 0.25) is 0 Å². The van der Waals surface area contributed by atoms with Gasteiger partial charge in [0, 0.05) is 18.8 Å². The molecule has 0 aromatic rings. The van der Waals surface area contributed by atoms with Crippen LogP contribution in [0.25, 0.3) is 0 Å². The number of hydrogen-bond donors (Lipinski definition) is 0. The standard InChI is InChI=1S/C19H36O2/c1-2-3-4-5-6-7-8-9-10-14-19(20)15-12-11-13-18-16-21-17-18/h18H,2-17H2,1H3. The minimum absolute atomic E-state index is 0.489. The van der Waals surface area contributed by atoms with Crippen LogP contribution < -0.4 is 0 Å². The van der Waals surface area contributed by atoms with Gasteiger partial charge in [-0.1, -0.05) is 64.7 Å². The molecule has 21 heavy (non-hydrogen) atoms. The van der Waals surface area contributed by atoms with Gasteiger partial charge < -0.3 is 4.74 Å². The van der Waals surface area contributed by atoms with Crippen LogP contribution in [-0.4, -0.2) is 19.0 Å². The molecule has 124 valence electrons. The predicted molar refractivity (Wildman–Crippen MR) is 89.6 cm³/mol. The lowest BCUT2D eigenvalue weighted by atomic mass is 9.98. The zero-order chi connectivity index (χ0) is 15.2. The number of hydrogen-bond acceptors (Lipinski definition) is 2. The van der Waals surface area contributed by atoms with Gasteiger partial charge >= 0.3 is 0 Å². The Morgan fingerprint density at radius 2 is 1.33 bits per heavy atom. The summed E-state index contributed by atoms with van der Waals surface area (Å²) in [6, 6.07) is 0. The van der Waals surface area contributed by atoms with Crippen molar-refractivity contribution in [1.29, 1.82) is 0 Å². The first-order chi connectivity index (χ1) is 10.3. The molecule has 0 N–H and O–H groups in total. The molecule has 1 aliphatic heterocycles. The van der Waals surface area contributed by atoms with E-state index in [1.807, 2.05) is 0 Å². The minimum atomic E-state index is 0.489. The van der Waals surface area contributed by atoms with E-state index in [-0.39, 0.29) is 0 Å². The van der Waals surface area contributed by atoms with Gasteiger partial charge in [-0.15, -0.1) is 0 Å². The zero-order valence-electron chi connectivity index (χ0n) is 14.2. The lowest BCUT2D eigenvalue weighted by molar-refractivity contribution is -0.119. The topological polar surface area (TPSA) is 26.3 Å². The molecule has 1 heterocycles. The summed E-state index contributed by atoms with van der Waals surface area (Å²) in [6.45, 7) is 4.16. The second-order valence-electron chi connectivity index (χ2n) is 6.77. The Morgan fingerprint density at radius 3 is 1.86 bits per heavy atom. The average Bonchev–Trinajstić information content (AvgIpc) is 2.43. The van der Waals surface area contributed by atoms with Crippen molar-refractivity contribution in [2.24, 2.45) is 5.92 Å². The number of carbonyl (C=O) groups excluding carboxylic acids is 1. The fourth-order valence-corrected chi connectivity index (χ4v) is 2.96. The Hall–Kier alpha value is -0.370. The third kappa shape index (κ3) is 10.9. The number of ether oxygens (including phenoxy) is 1. The highest BCUT2D eigenvalue weighted by molar-refractivity contribution is 5.78. The maximum absolute atomic E-state index is 11.8. The zero-order valence-corrected chi connectivity index (χ0v) is 14.2. The molecule has 1 rings (SSSR count). The summed E-state index contributed by atoms with van der Waals surface area (Å²) in [5.41, 5.74) is 0. The molecule has 0 amide bonds. The first kappa shape index (κ1) is 18.7. The molecule has 0 spiro atoms. The second kappa shape index (κ2) is 13.3. The quantitative estimate of drug-likeness (QED) is 0.363. The molecule has 1 aliphatic rings. The van der Waals surface area contributed by atoms with Crippen LogP contribution in [0.2, 0.25) is 0 Å². The van der Waals surface area contributed by atoms with Crippen molar-refractivity contribution in [1.82, 2.24) is 0 Å². The molecule has 0 aromatic heterocycles. The summed E-state index contributed by atoms with van der Waals surface area (Å²) in [4.78, 5) is 11.8. The maximum Gasteiger partial charge on any atom is 0.132 e. The van der Waals surface area contributed by atoms with Gasteiger partial charge in [-0.05, 0) is 19.3 Å². The van der Waals surface area contributed by atoms with Gasteiger partial charge in [0.05, 0.1) is 13.2 Å². The number of rotatable bonds is 15. The molecule has 2 heteroatoms. The van der Waals surface area contributed by atoms with Gasteiger partial charge in [-0.25, -0.2) is 0 Å². The molecule has 1 fully saturated rings. The molecule has 1 saturated heterocycles. The van der Waals surface area contributed by atoms with Crippen LogP contribution in [0.3, 0.4) is 0 Å². The maximum atomic E-state index is 11.8. The Balaban J connectivity index is 1.74. The smallest absolute Gasteiger partial charge is 0.132 e. The first-order valence-electron chi connectivity index (χ1n) is 9.42. The number of ketones is 1.